The predicted octanol–water partition coefficient (Wildman–Crippen LogP) is 2.45. The van der Waals surface area contributed by atoms with E-state index in [-0.39, 0.29) is 24.0 Å². The van der Waals surface area contributed by atoms with E-state index < -0.39 is 0 Å². The number of ether oxygens (including phenoxy) is 1. The van der Waals surface area contributed by atoms with Gasteiger partial charge in [-0.05, 0) is 28.9 Å². The first-order chi connectivity index (χ1) is 9.08. The molecule has 1 aromatic rings. The maximum atomic E-state index is 5.30. The van der Waals surface area contributed by atoms with Gasteiger partial charge in [-0.1, -0.05) is 0 Å². The average Bonchev–Trinajstić information content (AvgIpc) is 2.68. The van der Waals surface area contributed by atoms with Crippen LogP contribution >= 0.6 is 39.9 Å². The van der Waals surface area contributed by atoms with E-state index in [1.807, 2.05) is 21.0 Å². The van der Waals surface area contributed by atoms with Crippen LogP contribution in [0.2, 0.25) is 0 Å². The van der Waals surface area contributed by atoms with Crippen molar-refractivity contribution < 1.29 is 4.74 Å². The van der Waals surface area contributed by atoms with Gasteiger partial charge in [-0.25, -0.2) is 0 Å². The Morgan fingerprint density at radius 2 is 2.25 bits per heavy atom. The summed E-state index contributed by atoms with van der Waals surface area (Å²) in [7, 11) is 5.86. The Morgan fingerprint density at radius 3 is 2.75 bits per heavy atom. The maximum absolute atomic E-state index is 5.30. The second-order valence-corrected chi connectivity index (χ2v) is 5.20. The Balaban J connectivity index is 0.00000361. The highest BCUT2D eigenvalue weighted by Gasteiger charge is 2.09. The Bertz CT molecular complexity index is 423. The summed E-state index contributed by atoms with van der Waals surface area (Å²) >= 11 is 3.48. The van der Waals surface area contributed by atoms with Gasteiger partial charge in [0, 0.05) is 50.7 Å². The number of aliphatic imine (C=N–C) groups is 1. The Morgan fingerprint density at radius 1 is 1.55 bits per heavy atom. The van der Waals surface area contributed by atoms with Crippen molar-refractivity contribution in [3.8, 4) is 0 Å². The molecule has 0 aliphatic heterocycles. The standard InChI is InChI=1S/C13H23BrN4O.HI/c1-5-19-7-6-16-13(15-2)18(4)10-12-8-11(14)9-17(12)3;/h8-9H,5-7,10H2,1-4H3,(H,15,16);1H. The van der Waals surface area contributed by atoms with Gasteiger partial charge in [0.15, 0.2) is 5.96 Å². The normalized spacial score (nSPS) is 11.2. The van der Waals surface area contributed by atoms with E-state index in [9.17, 15) is 0 Å². The van der Waals surface area contributed by atoms with Crippen molar-refractivity contribution >= 4 is 45.9 Å². The highest BCUT2D eigenvalue weighted by Crippen LogP contribution is 2.14. The summed E-state index contributed by atoms with van der Waals surface area (Å²) < 4.78 is 8.50. The Kier molecular flexibility index (Phi) is 10.3. The molecule has 0 saturated carbocycles. The quantitative estimate of drug-likeness (QED) is 0.308. The number of nitrogens with zero attached hydrogens (tertiary/aromatic N) is 3. The lowest BCUT2D eigenvalue weighted by Gasteiger charge is -2.22. The Hall–Kier alpha value is -0.280. The molecule has 0 spiro atoms. The smallest absolute Gasteiger partial charge is 0.193 e. The van der Waals surface area contributed by atoms with Crippen LogP contribution in [0.15, 0.2) is 21.7 Å². The molecule has 0 aliphatic carbocycles. The second-order valence-electron chi connectivity index (χ2n) is 4.29. The van der Waals surface area contributed by atoms with Crippen molar-refractivity contribution in [3.05, 3.63) is 22.4 Å². The van der Waals surface area contributed by atoms with Gasteiger partial charge in [0.1, 0.15) is 0 Å². The summed E-state index contributed by atoms with van der Waals surface area (Å²) in [6.45, 7) is 5.00. The molecule has 1 rings (SSSR count). The minimum absolute atomic E-state index is 0. The first kappa shape index (κ1) is 19.7. The summed E-state index contributed by atoms with van der Waals surface area (Å²) in [5.41, 5.74) is 1.22. The summed E-state index contributed by atoms with van der Waals surface area (Å²) in [5, 5.41) is 3.28. The van der Waals surface area contributed by atoms with E-state index >= 15 is 0 Å². The van der Waals surface area contributed by atoms with Crippen molar-refractivity contribution in [1.29, 1.82) is 0 Å². The van der Waals surface area contributed by atoms with Gasteiger partial charge in [-0.15, -0.1) is 24.0 Å². The number of guanidine groups is 1. The average molecular weight is 459 g/mol. The third-order valence-electron chi connectivity index (χ3n) is 2.78. The predicted molar refractivity (Wildman–Crippen MR) is 97.8 cm³/mol. The van der Waals surface area contributed by atoms with Crippen LogP contribution < -0.4 is 5.32 Å². The number of hydrogen-bond donors (Lipinski definition) is 1. The summed E-state index contributed by atoms with van der Waals surface area (Å²) in [5.74, 6) is 0.872. The van der Waals surface area contributed by atoms with Gasteiger partial charge >= 0.3 is 0 Å². The van der Waals surface area contributed by atoms with Gasteiger partial charge in [0.05, 0.1) is 13.2 Å². The highest BCUT2D eigenvalue weighted by molar-refractivity contribution is 14.0. The number of nitrogens with one attached hydrogen (secondary N) is 1. The van der Waals surface area contributed by atoms with Gasteiger partial charge < -0.3 is 19.5 Å². The van der Waals surface area contributed by atoms with Crippen LogP contribution in [0.1, 0.15) is 12.6 Å². The lowest BCUT2D eigenvalue weighted by atomic mass is 10.4. The molecule has 1 N–H and O–H groups in total. The number of hydrogen-bond acceptors (Lipinski definition) is 2. The molecular formula is C13H24BrIN4O. The highest BCUT2D eigenvalue weighted by atomic mass is 127. The van der Waals surface area contributed by atoms with Gasteiger partial charge in [0.25, 0.3) is 0 Å². The Labute approximate surface area is 146 Å². The van der Waals surface area contributed by atoms with E-state index in [0.717, 1.165) is 30.1 Å². The zero-order chi connectivity index (χ0) is 14.3. The molecule has 0 unspecified atom stereocenters. The van der Waals surface area contributed by atoms with E-state index in [0.29, 0.717) is 6.61 Å². The third kappa shape index (κ3) is 6.45. The monoisotopic (exact) mass is 458 g/mol. The molecule has 0 bridgehead atoms. The minimum atomic E-state index is 0. The summed E-state index contributed by atoms with van der Waals surface area (Å²) in [6, 6.07) is 2.12. The van der Waals surface area contributed by atoms with Gasteiger partial charge in [-0.2, -0.15) is 0 Å². The van der Waals surface area contributed by atoms with Crippen molar-refractivity contribution in [2.24, 2.45) is 12.0 Å². The van der Waals surface area contributed by atoms with Crippen LogP contribution in [0.4, 0.5) is 0 Å². The molecule has 0 aliphatic rings. The molecule has 116 valence electrons. The topological polar surface area (TPSA) is 41.8 Å². The maximum Gasteiger partial charge on any atom is 0.193 e. The molecular weight excluding hydrogens is 435 g/mol. The fourth-order valence-corrected chi connectivity index (χ4v) is 2.38. The summed E-state index contributed by atoms with van der Waals surface area (Å²) in [6.07, 6.45) is 2.05. The lowest BCUT2D eigenvalue weighted by Crippen LogP contribution is -2.40. The molecule has 0 aromatic carbocycles. The van der Waals surface area contributed by atoms with Crippen LogP contribution in [0.5, 0.6) is 0 Å². The summed E-state index contributed by atoms with van der Waals surface area (Å²) in [4.78, 5) is 6.36. The van der Waals surface area contributed by atoms with Gasteiger partial charge in [0.2, 0.25) is 0 Å². The molecule has 7 heteroatoms. The van der Waals surface area contributed by atoms with Crippen LogP contribution in [0.25, 0.3) is 0 Å². The van der Waals surface area contributed by atoms with Gasteiger partial charge in [-0.3, -0.25) is 4.99 Å². The van der Waals surface area contributed by atoms with E-state index in [2.05, 4.69) is 48.0 Å². The molecule has 0 radical (unpaired) electrons. The second kappa shape index (κ2) is 10.4. The third-order valence-corrected chi connectivity index (χ3v) is 3.21. The molecule has 5 nitrogen and oxygen atoms in total. The van der Waals surface area contributed by atoms with Crippen molar-refractivity contribution in [3.63, 3.8) is 0 Å². The largest absolute Gasteiger partial charge is 0.380 e. The van der Waals surface area contributed by atoms with E-state index in [1.165, 1.54) is 5.69 Å². The SMILES string of the molecule is CCOCCNC(=NC)N(C)Cc1cc(Br)cn1C.I. The number of aromatic nitrogens is 1. The first-order valence-electron chi connectivity index (χ1n) is 6.38. The van der Waals surface area contributed by atoms with Crippen LogP contribution in [0, 0.1) is 0 Å². The fraction of sp³-hybridized carbons (Fsp3) is 0.615. The number of halogens is 2. The van der Waals surface area contributed by atoms with E-state index in [1.54, 1.807) is 7.05 Å². The van der Waals surface area contributed by atoms with Crippen molar-refractivity contribution in [2.75, 3.05) is 33.9 Å². The van der Waals surface area contributed by atoms with Crippen molar-refractivity contribution in [2.45, 2.75) is 13.5 Å². The number of rotatable bonds is 6. The van der Waals surface area contributed by atoms with Crippen molar-refractivity contribution in [1.82, 2.24) is 14.8 Å². The van der Waals surface area contributed by atoms with Crippen LogP contribution in [-0.2, 0) is 18.3 Å². The molecule has 1 aromatic heterocycles. The fourth-order valence-electron chi connectivity index (χ4n) is 1.81. The molecule has 0 atom stereocenters. The zero-order valence-corrected chi connectivity index (χ0v) is 16.4. The van der Waals surface area contributed by atoms with Crippen LogP contribution in [-0.4, -0.2) is 49.3 Å². The zero-order valence-electron chi connectivity index (χ0n) is 12.5. The lowest BCUT2D eigenvalue weighted by molar-refractivity contribution is 0.152. The number of aryl methyl sites for hydroxylation is 1. The van der Waals surface area contributed by atoms with E-state index in [4.69, 9.17) is 4.74 Å². The first-order valence-corrected chi connectivity index (χ1v) is 7.18. The molecule has 0 amide bonds. The molecule has 1 heterocycles. The molecule has 0 fully saturated rings. The molecule has 20 heavy (non-hydrogen) atoms. The minimum Gasteiger partial charge on any atom is -0.380 e. The van der Waals surface area contributed by atoms with Crippen LogP contribution in [0.3, 0.4) is 0 Å². The molecule has 0 saturated heterocycles.